The number of aromatic nitrogens is 3. The molecule has 1 aromatic heterocycles. The van der Waals surface area contributed by atoms with E-state index >= 15 is 0 Å². The molecular weight excluding hydrogens is 293 g/mol. The number of nitrogens with zero attached hydrogens (tertiary/aromatic N) is 3. The van der Waals surface area contributed by atoms with Crippen LogP contribution in [0.25, 0.3) is 33.8 Å². The van der Waals surface area contributed by atoms with Gasteiger partial charge in [0.25, 0.3) is 0 Å². The zero-order valence-corrected chi connectivity index (χ0v) is 12.0. The summed E-state index contributed by atoms with van der Waals surface area (Å²) >= 11 is 0. The van der Waals surface area contributed by atoms with Crippen LogP contribution in [-0.4, -0.2) is 19.9 Å². The molecule has 0 aliphatic carbocycles. The molecule has 23 heavy (non-hydrogen) atoms. The van der Waals surface area contributed by atoms with Gasteiger partial charge in [0.05, 0.1) is 11.4 Å². The maximum Gasteiger partial charge on any atom is 0.123 e. The Labute approximate surface area is 131 Å². The van der Waals surface area contributed by atoms with E-state index in [1.807, 2.05) is 18.2 Å². The Morgan fingerprint density at radius 1 is 0.913 bits per heavy atom. The summed E-state index contributed by atoms with van der Waals surface area (Å²) in [6, 6.07) is 13.4. The third-order valence-electron chi connectivity index (χ3n) is 3.75. The zero-order valence-electron chi connectivity index (χ0n) is 12.0. The molecule has 5 heteroatoms. The molecule has 4 rings (SSSR count). The van der Waals surface area contributed by atoms with Crippen LogP contribution in [0.15, 0.2) is 67.1 Å². The molecule has 0 fully saturated rings. The van der Waals surface area contributed by atoms with Crippen LogP contribution in [0.3, 0.4) is 0 Å². The molecule has 0 spiro atoms. The minimum Gasteiger partial charge on any atom is -0.428 e. The van der Waals surface area contributed by atoms with Crippen molar-refractivity contribution in [3.8, 4) is 33.8 Å². The predicted octanol–water partition coefficient (Wildman–Crippen LogP) is 4.09. The van der Waals surface area contributed by atoms with Gasteiger partial charge in [-0.3, -0.25) is 4.98 Å². The fourth-order valence-corrected chi connectivity index (χ4v) is 2.72. The van der Waals surface area contributed by atoms with E-state index in [9.17, 15) is 9.60 Å². The van der Waals surface area contributed by atoms with Gasteiger partial charge in [0, 0.05) is 29.7 Å². The van der Waals surface area contributed by atoms with Gasteiger partial charge in [0.1, 0.15) is 11.5 Å². The van der Waals surface area contributed by atoms with Crippen molar-refractivity contribution >= 4 is 0 Å². The van der Waals surface area contributed by atoms with Crippen LogP contribution < -0.4 is 0 Å². The molecule has 2 aliphatic heterocycles. The summed E-state index contributed by atoms with van der Waals surface area (Å²) in [5.41, 5.74) is 4.41. The molecule has 1 aromatic carbocycles. The van der Waals surface area contributed by atoms with Gasteiger partial charge in [-0.25, -0.2) is 9.37 Å². The Kier molecular flexibility index (Phi) is 3.05. The summed E-state index contributed by atoms with van der Waals surface area (Å²) in [5.74, 6) is -0.306. The quantitative estimate of drug-likeness (QED) is 0.567. The highest BCUT2D eigenvalue weighted by atomic mass is 19.1. The van der Waals surface area contributed by atoms with Crippen LogP contribution >= 0.6 is 0 Å². The standard InChI is InChI=1S/C18H12FN3O/c19-14-5-3-12(4-6-14)16-17(13-7-9-20-10-8-13)21-15-2-1-11-22(23)18(15)16/h1-11,23H. The Hall–Kier alpha value is -3.21. The van der Waals surface area contributed by atoms with Gasteiger partial charge in [0.2, 0.25) is 0 Å². The number of fused-ring (bicyclic) bond motifs is 1. The van der Waals surface area contributed by atoms with Gasteiger partial charge < -0.3 is 5.21 Å². The van der Waals surface area contributed by atoms with E-state index in [1.165, 1.54) is 12.1 Å². The molecule has 2 aliphatic rings. The first kappa shape index (κ1) is 13.5. The lowest BCUT2D eigenvalue weighted by molar-refractivity contribution is 0.189. The topological polar surface area (TPSA) is 50.9 Å². The van der Waals surface area contributed by atoms with E-state index in [4.69, 9.17) is 0 Å². The van der Waals surface area contributed by atoms with Crippen molar-refractivity contribution in [3.63, 3.8) is 0 Å². The van der Waals surface area contributed by atoms with Gasteiger partial charge in [-0.05, 0) is 42.0 Å². The van der Waals surface area contributed by atoms with Gasteiger partial charge in [-0.1, -0.05) is 12.1 Å². The van der Waals surface area contributed by atoms with Gasteiger partial charge in [-0.2, -0.15) is 4.73 Å². The van der Waals surface area contributed by atoms with E-state index in [-0.39, 0.29) is 5.82 Å². The highest BCUT2D eigenvalue weighted by molar-refractivity contribution is 5.93. The summed E-state index contributed by atoms with van der Waals surface area (Å²) in [6.45, 7) is 0. The predicted molar refractivity (Wildman–Crippen MR) is 84.7 cm³/mol. The van der Waals surface area contributed by atoms with Crippen LogP contribution in [0.1, 0.15) is 0 Å². The first-order valence-electron chi connectivity index (χ1n) is 7.11. The van der Waals surface area contributed by atoms with Crippen LogP contribution in [-0.2, 0) is 0 Å². The van der Waals surface area contributed by atoms with E-state index < -0.39 is 0 Å². The number of halogens is 1. The lowest BCUT2D eigenvalue weighted by atomic mass is 9.99. The first-order valence-corrected chi connectivity index (χ1v) is 7.11. The molecule has 3 heterocycles. The van der Waals surface area contributed by atoms with Crippen molar-refractivity contribution in [2.24, 2.45) is 0 Å². The van der Waals surface area contributed by atoms with Crippen molar-refractivity contribution in [1.29, 1.82) is 0 Å². The van der Waals surface area contributed by atoms with E-state index in [2.05, 4.69) is 9.97 Å². The molecule has 0 bridgehead atoms. The van der Waals surface area contributed by atoms with Crippen molar-refractivity contribution in [3.05, 3.63) is 72.9 Å². The Morgan fingerprint density at radius 3 is 2.39 bits per heavy atom. The summed E-state index contributed by atoms with van der Waals surface area (Å²) < 4.78 is 14.3. The minimum absolute atomic E-state index is 0.306. The lowest BCUT2D eigenvalue weighted by Gasteiger charge is -2.09. The average Bonchev–Trinajstić information content (AvgIpc) is 2.97. The Bertz CT molecular complexity index is 932. The second-order valence-electron chi connectivity index (χ2n) is 5.16. The highest BCUT2D eigenvalue weighted by Crippen LogP contribution is 2.41. The monoisotopic (exact) mass is 305 g/mol. The Morgan fingerprint density at radius 2 is 1.65 bits per heavy atom. The zero-order chi connectivity index (χ0) is 15.8. The largest absolute Gasteiger partial charge is 0.428 e. The third kappa shape index (κ3) is 2.23. The lowest BCUT2D eigenvalue weighted by Crippen LogP contribution is -1.97. The molecule has 0 amide bonds. The number of pyridine rings is 2. The molecule has 2 aromatic rings. The van der Waals surface area contributed by atoms with E-state index in [0.717, 1.165) is 27.1 Å². The number of hydrogen-bond acceptors (Lipinski definition) is 3. The molecule has 0 unspecified atom stereocenters. The van der Waals surface area contributed by atoms with Crippen molar-refractivity contribution in [2.75, 3.05) is 0 Å². The summed E-state index contributed by atoms with van der Waals surface area (Å²) in [4.78, 5) is 8.66. The Balaban J connectivity index is 2.06. The van der Waals surface area contributed by atoms with Crippen LogP contribution in [0.4, 0.5) is 4.39 Å². The fraction of sp³-hybridized carbons (Fsp3) is 0. The van der Waals surface area contributed by atoms with Gasteiger partial charge in [-0.15, -0.1) is 0 Å². The molecule has 0 radical (unpaired) electrons. The summed E-state index contributed by atoms with van der Waals surface area (Å²) in [6.07, 6.45) is 4.93. The number of rotatable bonds is 2. The number of hydrogen-bond donors (Lipinski definition) is 1. The second-order valence-corrected chi connectivity index (χ2v) is 5.16. The van der Waals surface area contributed by atoms with Crippen LogP contribution in [0.5, 0.6) is 0 Å². The maximum atomic E-state index is 13.3. The van der Waals surface area contributed by atoms with E-state index in [0.29, 0.717) is 11.4 Å². The molecule has 0 saturated heterocycles. The van der Waals surface area contributed by atoms with Crippen molar-refractivity contribution < 1.29 is 9.60 Å². The van der Waals surface area contributed by atoms with Crippen molar-refractivity contribution in [1.82, 2.24) is 14.7 Å². The van der Waals surface area contributed by atoms with Gasteiger partial charge >= 0.3 is 0 Å². The third-order valence-corrected chi connectivity index (χ3v) is 3.75. The average molecular weight is 305 g/mol. The minimum atomic E-state index is -0.306. The molecule has 0 saturated carbocycles. The summed E-state index contributed by atoms with van der Waals surface area (Å²) in [5, 5.41) is 10.2. The maximum absolute atomic E-state index is 13.3. The SMILES string of the molecule is On1cccc2nc(-c3ccncc3)c(-c3ccc(F)cc3)c1-2. The van der Waals surface area contributed by atoms with Crippen LogP contribution in [0, 0.1) is 5.82 Å². The fourth-order valence-electron chi connectivity index (χ4n) is 2.72. The van der Waals surface area contributed by atoms with Crippen molar-refractivity contribution in [2.45, 2.75) is 0 Å². The molecular formula is C18H12FN3O. The van der Waals surface area contributed by atoms with Crippen LogP contribution in [0.2, 0.25) is 0 Å². The second kappa shape index (κ2) is 5.21. The molecule has 4 nitrogen and oxygen atoms in total. The highest BCUT2D eigenvalue weighted by Gasteiger charge is 2.23. The van der Waals surface area contributed by atoms with Gasteiger partial charge in [0.15, 0.2) is 0 Å². The normalized spacial score (nSPS) is 11.0. The summed E-state index contributed by atoms with van der Waals surface area (Å²) in [7, 11) is 0. The van der Waals surface area contributed by atoms with E-state index in [1.54, 1.807) is 36.8 Å². The smallest absolute Gasteiger partial charge is 0.123 e. The molecule has 112 valence electrons. The number of benzene rings is 1. The molecule has 1 N–H and O–H groups in total. The first-order chi connectivity index (χ1) is 11.2. The molecule has 0 atom stereocenters.